The van der Waals surface area contributed by atoms with Gasteiger partial charge in [0.2, 0.25) is 0 Å². The molecule has 0 radical (unpaired) electrons. The minimum Gasteiger partial charge on any atom is -0.506 e. The minimum atomic E-state index is -0.397. The van der Waals surface area contributed by atoms with Gasteiger partial charge in [0.15, 0.2) is 0 Å². The van der Waals surface area contributed by atoms with Crippen molar-refractivity contribution in [3.8, 4) is 5.75 Å². The number of hydrogen-bond acceptors (Lipinski definition) is 4. The summed E-state index contributed by atoms with van der Waals surface area (Å²) in [5.41, 5.74) is 1.00. The fraction of sp³-hybridized carbons (Fsp3) is 0.300. The van der Waals surface area contributed by atoms with Crippen molar-refractivity contribution in [1.82, 2.24) is 5.32 Å². The van der Waals surface area contributed by atoms with Crippen LogP contribution in [0.5, 0.6) is 5.75 Å². The number of benzene rings is 1. The average Bonchev–Trinajstić information content (AvgIpc) is 2.29. The molecule has 0 atom stereocenters. The lowest BCUT2D eigenvalue weighted by atomic mass is 10.2. The lowest BCUT2D eigenvalue weighted by molar-refractivity contribution is 0.254. The molecule has 0 fully saturated rings. The van der Waals surface area contributed by atoms with Gasteiger partial charge >= 0.3 is 6.03 Å². The second-order valence-electron chi connectivity index (χ2n) is 3.09. The number of hydrogen-bond donors (Lipinski definition) is 5. The number of urea groups is 1. The van der Waals surface area contributed by atoms with Gasteiger partial charge in [0, 0.05) is 25.3 Å². The van der Waals surface area contributed by atoms with Gasteiger partial charge in [-0.2, -0.15) is 0 Å². The Kier molecular flexibility index (Phi) is 4.41. The Morgan fingerprint density at radius 3 is 2.75 bits per heavy atom. The third-order valence-corrected chi connectivity index (χ3v) is 1.91. The van der Waals surface area contributed by atoms with Crippen LogP contribution >= 0.6 is 0 Å². The van der Waals surface area contributed by atoms with Gasteiger partial charge in [-0.05, 0) is 12.1 Å². The van der Waals surface area contributed by atoms with Crippen LogP contribution in [0.4, 0.5) is 16.2 Å². The van der Waals surface area contributed by atoms with Crippen LogP contribution in [0.1, 0.15) is 0 Å². The SMILES string of the molecule is CNC(=O)Nc1ccc(NCCO)cc1O. The predicted octanol–water partition coefficient (Wildman–Crippen LogP) is 0.548. The van der Waals surface area contributed by atoms with E-state index in [9.17, 15) is 9.90 Å². The fourth-order valence-corrected chi connectivity index (χ4v) is 1.13. The number of carbonyl (C=O) groups is 1. The van der Waals surface area contributed by atoms with Crippen molar-refractivity contribution in [2.75, 3.05) is 30.8 Å². The standard InChI is InChI=1S/C10H15N3O3/c1-11-10(16)13-8-3-2-7(6-9(8)15)12-4-5-14/h2-3,6,12,14-15H,4-5H2,1H3,(H2,11,13,16). The van der Waals surface area contributed by atoms with Crippen LogP contribution in [0.15, 0.2) is 18.2 Å². The van der Waals surface area contributed by atoms with Crippen LogP contribution in [0, 0.1) is 0 Å². The van der Waals surface area contributed by atoms with Gasteiger partial charge in [-0.1, -0.05) is 0 Å². The number of carbonyl (C=O) groups excluding carboxylic acids is 1. The van der Waals surface area contributed by atoms with Gasteiger partial charge in [-0.15, -0.1) is 0 Å². The highest BCUT2D eigenvalue weighted by Gasteiger charge is 2.05. The van der Waals surface area contributed by atoms with Gasteiger partial charge in [0.05, 0.1) is 12.3 Å². The van der Waals surface area contributed by atoms with E-state index in [1.165, 1.54) is 13.1 Å². The molecule has 0 aliphatic carbocycles. The molecule has 6 nitrogen and oxygen atoms in total. The molecule has 2 amide bonds. The van der Waals surface area contributed by atoms with Crippen molar-refractivity contribution in [2.24, 2.45) is 0 Å². The summed E-state index contributed by atoms with van der Waals surface area (Å²) in [6.07, 6.45) is 0. The molecule has 0 aliphatic heterocycles. The third-order valence-electron chi connectivity index (χ3n) is 1.91. The Morgan fingerprint density at radius 1 is 1.44 bits per heavy atom. The highest BCUT2D eigenvalue weighted by molar-refractivity contribution is 5.91. The number of rotatable bonds is 4. The molecule has 0 saturated carbocycles. The van der Waals surface area contributed by atoms with Crippen molar-refractivity contribution in [1.29, 1.82) is 0 Å². The first-order chi connectivity index (χ1) is 7.67. The third kappa shape index (κ3) is 3.32. The first kappa shape index (κ1) is 12.1. The largest absolute Gasteiger partial charge is 0.506 e. The van der Waals surface area contributed by atoms with E-state index >= 15 is 0 Å². The monoisotopic (exact) mass is 225 g/mol. The van der Waals surface area contributed by atoms with Crippen LogP contribution in [0.25, 0.3) is 0 Å². The Hall–Kier alpha value is -1.95. The number of aliphatic hydroxyl groups is 1. The Bertz CT molecular complexity index is 368. The second-order valence-corrected chi connectivity index (χ2v) is 3.09. The molecule has 88 valence electrons. The zero-order chi connectivity index (χ0) is 12.0. The molecule has 0 saturated heterocycles. The second kappa shape index (κ2) is 5.82. The Balaban J connectivity index is 2.71. The predicted molar refractivity (Wildman–Crippen MR) is 61.8 cm³/mol. The fourth-order valence-electron chi connectivity index (χ4n) is 1.13. The molecule has 0 aliphatic rings. The maximum absolute atomic E-state index is 11.0. The molecule has 0 bridgehead atoms. The van der Waals surface area contributed by atoms with Crippen LogP contribution in [-0.4, -0.2) is 36.4 Å². The number of aromatic hydroxyl groups is 1. The van der Waals surface area contributed by atoms with Gasteiger partial charge in [0.1, 0.15) is 5.75 Å². The summed E-state index contributed by atoms with van der Waals surface area (Å²) < 4.78 is 0. The summed E-state index contributed by atoms with van der Waals surface area (Å²) in [4.78, 5) is 11.0. The van der Waals surface area contributed by atoms with Gasteiger partial charge in [-0.3, -0.25) is 0 Å². The summed E-state index contributed by atoms with van der Waals surface area (Å²) >= 11 is 0. The smallest absolute Gasteiger partial charge is 0.319 e. The lowest BCUT2D eigenvalue weighted by Crippen LogP contribution is -2.24. The number of amides is 2. The summed E-state index contributed by atoms with van der Waals surface area (Å²) in [5.74, 6) is -0.0356. The topological polar surface area (TPSA) is 93.6 Å². The average molecular weight is 225 g/mol. The van der Waals surface area contributed by atoms with Crippen molar-refractivity contribution < 1.29 is 15.0 Å². The first-order valence-corrected chi connectivity index (χ1v) is 4.84. The van der Waals surface area contributed by atoms with E-state index in [0.717, 1.165) is 0 Å². The maximum Gasteiger partial charge on any atom is 0.319 e. The van der Waals surface area contributed by atoms with Crippen LogP contribution in [0.3, 0.4) is 0 Å². The Morgan fingerprint density at radius 2 is 2.19 bits per heavy atom. The van der Waals surface area contributed by atoms with Crippen molar-refractivity contribution in [2.45, 2.75) is 0 Å². The van der Waals surface area contributed by atoms with E-state index in [2.05, 4.69) is 16.0 Å². The zero-order valence-corrected chi connectivity index (χ0v) is 8.95. The van der Waals surface area contributed by atoms with E-state index < -0.39 is 6.03 Å². The number of aliphatic hydroxyl groups excluding tert-OH is 1. The summed E-state index contributed by atoms with van der Waals surface area (Å²) in [7, 11) is 1.49. The minimum absolute atomic E-state index is 0.0129. The molecule has 0 spiro atoms. The highest BCUT2D eigenvalue weighted by Crippen LogP contribution is 2.26. The molecule has 5 N–H and O–H groups in total. The van der Waals surface area contributed by atoms with Crippen LogP contribution in [-0.2, 0) is 0 Å². The molecular formula is C10H15N3O3. The first-order valence-electron chi connectivity index (χ1n) is 4.84. The van der Waals surface area contributed by atoms with Gasteiger partial charge in [-0.25, -0.2) is 4.79 Å². The molecule has 6 heteroatoms. The van der Waals surface area contributed by atoms with Crippen molar-refractivity contribution in [3.05, 3.63) is 18.2 Å². The molecule has 0 heterocycles. The maximum atomic E-state index is 11.0. The normalized spacial score (nSPS) is 9.62. The van der Waals surface area contributed by atoms with E-state index in [4.69, 9.17) is 5.11 Å². The van der Waals surface area contributed by atoms with E-state index in [-0.39, 0.29) is 12.4 Å². The van der Waals surface area contributed by atoms with Gasteiger partial charge < -0.3 is 26.2 Å². The quantitative estimate of drug-likeness (QED) is 0.484. The highest BCUT2D eigenvalue weighted by atomic mass is 16.3. The van der Waals surface area contributed by atoms with Gasteiger partial charge in [0.25, 0.3) is 0 Å². The van der Waals surface area contributed by atoms with Crippen molar-refractivity contribution >= 4 is 17.4 Å². The zero-order valence-electron chi connectivity index (χ0n) is 8.95. The molecule has 1 aromatic carbocycles. The van der Waals surface area contributed by atoms with E-state index in [1.54, 1.807) is 12.1 Å². The summed E-state index contributed by atoms with van der Waals surface area (Å²) in [6, 6.07) is 4.35. The molecule has 1 rings (SSSR count). The van der Waals surface area contributed by atoms with Crippen LogP contribution < -0.4 is 16.0 Å². The van der Waals surface area contributed by atoms with Crippen molar-refractivity contribution in [3.63, 3.8) is 0 Å². The molecule has 0 unspecified atom stereocenters. The summed E-state index contributed by atoms with van der Waals surface area (Å²) in [5, 5.41) is 25.9. The number of nitrogens with one attached hydrogen (secondary N) is 3. The van der Waals surface area contributed by atoms with E-state index in [1.807, 2.05) is 0 Å². The Labute approximate surface area is 93.3 Å². The molecule has 16 heavy (non-hydrogen) atoms. The lowest BCUT2D eigenvalue weighted by Gasteiger charge is -2.09. The summed E-state index contributed by atoms with van der Waals surface area (Å²) in [6.45, 7) is 0.417. The number of anilines is 2. The van der Waals surface area contributed by atoms with Crippen LogP contribution in [0.2, 0.25) is 0 Å². The molecule has 1 aromatic rings. The number of phenols is 1. The molecule has 0 aromatic heterocycles. The molecular weight excluding hydrogens is 210 g/mol. The number of phenolic OH excluding ortho intramolecular Hbond substituents is 1. The van der Waals surface area contributed by atoms with E-state index in [0.29, 0.717) is 17.9 Å².